The van der Waals surface area contributed by atoms with E-state index in [2.05, 4.69) is 20.7 Å². The number of ether oxygens (including phenoxy) is 2. The van der Waals surface area contributed by atoms with Crippen molar-refractivity contribution in [1.29, 1.82) is 0 Å². The third kappa shape index (κ3) is 4.57. The fourth-order valence-electron chi connectivity index (χ4n) is 3.84. The number of benzene rings is 1. The summed E-state index contributed by atoms with van der Waals surface area (Å²) in [6.45, 7) is 4.35. The minimum Gasteiger partial charge on any atom is -0.465 e. The minimum atomic E-state index is -0.413. The van der Waals surface area contributed by atoms with E-state index in [0.717, 1.165) is 35.1 Å². The van der Waals surface area contributed by atoms with Crippen LogP contribution in [0.25, 0.3) is 11.0 Å². The van der Waals surface area contributed by atoms with Crippen LogP contribution < -0.4 is 10.6 Å². The van der Waals surface area contributed by atoms with Gasteiger partial charge in [-0.05, 0) is 37.5 Å². The number of nitrogens with one attached hydrogen (secondary N) is 2. The maximum Gasteiger partial charge on any atom is 0.337 e. The van der Waals surface area contributed by atoms with Gasteiger partial charge in [-0.1, -0.05) is 12.1 Å². The average molecular weight is 438 g/mol. The Morgan fingerprint density at radius 3 is 2.81 bits per heavy atom. The van der Waals surface area contributed by atoms with E-state index in [1.165, 1.54) is 7.11 Å². The molecule has 1 aliphatic heterocycles. The molecule has 32 heavy (non-hydrogen) atoms. The van der Waals surface area contributed by atoms with Gasteiger partial charge in [-0.25, -0.2) is 14.5 Å². The van der Waals surface area contributed by atoms with Gasteiger partial charge in [-0.2, -0.15) is 5.10 Å². The Kier molecular flexibility index (Phi) is 6.65. The number of hydrogen-bond acceptors (Lipinski definition) is 7. The van der Waals surface area contributed by atoms with E-state index in [4.69, 9.17) is 9.47 Å². The van der Waals surface area contributed by atoms with Gasteiger partial charge in [0.25, 0.3) is 5.91 Å². The van der Waals surface area contributed by atoms with Gasteiger partial charge in [0.15, 0.2) is 5.65 Å². The van der Waals surface area contributed by atoms with Gasteiger partial charge in [-0.15, -0.1) is 0 Å². The van der Waals surface area contributed by atoms with Gasteiger partial charge in [0.05, 0.1) is 35.5 Å². The summed E-state index contributed by atoms with van der Waals surface area (Å²) < 4.78 is 12.0. The van der Waals surface area contributed by atoms with Crippen molar-refractivity contribution >= 4 is 28.6 Å². The van der Waals surface area contributed by atoms with Crippen molar-refractivity contribution in [2.24, 2.45) is 0 Å². The van der Waals surface area contributed by atoms with E-state index in [0.29, 0.717) is 30.9 Å². The first-order valence-electron chi connectivity index (χ1n) is 10.7. The van der Waals surface area contributed by atoms with Crippen LogP contribution in [0.15, 0.2) is 36.7 Å². The lowest BCUT2D eigenvalue weighted by Gasteiger charge is -2.25. The maximum absolute atomic E-state index is 13.1. The van der Waals surface area contributed by atoms with Crippen molar-refractivity contribution in [3.05, 3.63) is 53.3 Å². The fourth-order valence-corrected chi connectivity index (χ4v) is 3.84. The number of aryl methyl sites for hydroxylation is 1. The molecule has 3 aromatic rings. The predicted molar refractivity (Wildman–Crippen MR) is 120 cm³/mol. The van der Waals surface area contributed by atoms with Crippen LogP contribution in [0, 0.1) is 0 Å². The molecule has 4 rings (SSSR count). The fraction of sp³-hybridized carbons (Fsp3) is 0.391. The topological polar surface area (TPSA) is 107 Å². The number of methoxy groups -OCH3 is 1. The zero-order valence-corrected chi connectivity index (χ0v) is 18.3. The molecular formula is C23H27N5O4. The number of amides is 1. The molecule has 9 heteroatoms. The summed E-state index contributed by atoms with van der Waals surface area (Å²) in [6.07, 6.45) is 5.09. The second-order valence-electron chi connectivity index (χ2n) is 7.65. The van der Waals surface area contributed by atoms with E-state index in [1.807, 2.05) is 17.7 Å². The number of nitrogens with zero attached hydrogens (tertiary/aromatic N) is 3. The molecule has 3 heterocycles. The largest absolute Gasteiger partial charge is 0.465 e. The highest BCUT2D eigenvalue weighted by Gasteiger charge is 2.22. The molecular weight excluding hydrogens is 410 g/mol. The third-order valence-corrected chi connectivity index (χ3v) is 5.58. The average Bonchev–Trinajstić information content (AvgIpc) is 3.27. The van der Waals surface area contributed by atoms with Crippen molar-refractivity contribution in [3.8, 4) is 0 Å². The van der Waals surface area contributed by atoms with E-state index in [9.17, 15) is 9.59 Å². The predicted octanol–water partition coefficient (Wildman–Crippen LogP) is 2.76. The summed E-state index contributed by atoms with van der Waals surface area (Å²) in [4.78, 5) is 29.4. The van der Waals surface area contributed by atoms with Crippen LogP contribution in [0.1, 0.15) is 46.0 Å². The number of rotatable bonds is 7. The summed E-state index contributed by atoms with van der Waals surface area (Å²) in [7, 11) is 1.34. The number of pyridine rings is 1. The Bertz CT molecular complexity index is 1120. The zero-order chi connectivity index (χ0) is 22.5. The highest BCUT2D eigenvalue weighted by molar-refractivity contribution is 6.06. The lowest BCUT2D eigenvalue weighted by atomic mass is 10.1. The standard InChI is InChI=1S/C23H27N5O4/c1-3-28-21-18(14-26-28)20(27-17-7-9-32-10-8-17)19(13-24-21)22(29)25-12-15-5-4-6-16(11-15)23(30)31-2/h4-6,11,13-14,17H,3,7-10,12H2,1-2H3,(H,24,27)(H,25,29). The quantitative estimate of drug-likeness (QED) is 0.547. The molecule has 0 bridgehead atoms. The summed E-state index contributed by atoms with van der Waals surface area (Å²) in [5.41, 5.74) is 3.18. The molecule has 1 fully saturated rings. The summed E-state index contributed by atoms with van der Waals surface area (Å²) in [5, 5.41) is 11.7. The van der Waals surface area contributed by atoms with Crippen LogP contribution in [0.4, 0.5) is 5.69 Å². The number of carbonyl (C=O) groups is 2. The lowest BCUT2D eigenvalue weighted by molar-refractivity contribution is 0.0600. The Hall–Kier alpha value is -3.46. The van der Waals surface area contributed by atoms with Gasteiger partial charge in [0.2, 0.25) is 0 Å². The maximum atomic E-state index is 13.1. The Balaban J connectivity index is 1.59. The van der Waals surface area contributed by atoms with E-state index >= 15 is 0 Å². The van der Waals surface area contributed by atoms with Crippen LogP contribution in [-0.2, 0) is 22.6 Å². The van der Waals surface area contributed by atoms with Crippen LogP contribution in [0.5, 0.6) is 0 Å². The van der Waals surface area contributed by atoms with Crippen LogP contribution in [-0.4, -0.2) is 53.0 Å². The summed E-state index contributed by atoms with van der Waals surface area (Å²) in [5.74, 6) is -0.662. The molecule has 1 amide bonds. The molecule has 0 spiro atoms. The smallest absolute Gasteiger partial charge is 0.337 e. The number of hydrogen-bond donors (Lipinski definition) is 2. The summed E-state index contributed by atoms with van der Waals surface area (Å²) >= 11 is 0. The Morgan fingerprint density at radius 2 is 2.06 bits per heavy atom. The third-order valence-electron chi connectivity index (χ3n) is 5.58. The molecule has 0 aliphatic carbocycles. The number of fused-ring (bicyclic) bond motifs is 1. The number of esters is 1. The molecule has 1 saturated heterocycles. The van der Waals surface area contributed by atoms with Crippen molar-refractivity contribution in [2.75, 3.05) is 25.6 Å². The second kappa shape index (κ2) is 9.78. The second-order valence-corrected chi connectivity index (χ2v) is 7.65. The van der Waals surface area contributed by atoms with Crippen LogP contribution in [0.3, 0.4) is 0 Å². The molecule has 0 unspecified atom stereocenters. The molecule has 9 nitrogen and oxygen atoms in total. The van der Waals surface area contributed by atoms with Gasteiger partial charge >= 0.3 is 5.97 Å². The lowest BCUT2D eigenvalue weighted by Crippen LogP contribution is -2.30. The SMILES string of the molecule is CCn1ncc2c(NC3CCOCC3)c(C(=O)NCc3cccc(C(=O)OC)c3)cnc21. The van der Waals surface area contributed by atoms with Crippen molar-refractivity contribution in [2.45, 2.75) is 38.9 Å². The van der Waals surface area contributed by atoms with Gasteiger partial charge < -0.3 is 20.1 Å². The highest BCUT2D eigenvalue weighted by atomic mass is 16.5. The Morgan fingerprint density at radius 1 is 1.25 bits per heavy atom. The molecule has 1 aliphatic rings. The summed E-state index contributed by atoms with van der Waals surface area (Å²) in [6, 6.07) is 7.21. The number of carbonyl (C=O) groups excluding carboxylic acids is 2. The van der Waals surface area contributed by atoms with Gasteiger partial charge in [-0.3, -0.25) is 4.79 Å². The van der Waals surface area contributed by atoms with Crippen molar-refractivity contribution in [3.63, 3.8) is 0 Å². The first kappa shape index (κ1) is 21.8. The Labute approximate surface area is 186 Å². The van der Waals surface area contributed by atoms with Crippen LogP contribution >= 0.6 is 0 Å². The van der Waals surface area contributed by atoms with E-state index in [-0.39, 0.29) is 18.5 Å². The molecule has 0 radical (unpaired) electrons. The monoisotopic (exact) mass is 437 g/mol. The van der Waals surface area contributed by atoms with E-state index < -0.39 is 5.97 Å². The first-order valence-corrected chi connectivity index (χ1v) is 10.7. The molecule has 0 atom stereocenters. The van der Waals surface area contributed by atoms with Crippen molar-refractivity contribution in [1.82, 2.24) is 20.1 Å². The molecule has 168 valence electrons. The normalized spacial score (nSPS) is 14.3. The molecule has 0 saturated carbocycles. The number of aromatic nitrogens is 3. The van der Waals surface area contributed by atoms with Gasteiger partial charge in [0.1, 0.15) is 0 Å². The van der Waals surface area contributed by atoms with E-state index in [1.54, 1.807) is 30.6 Å². The minimum absolute atomic E-state index is 0.211. The first-order chi connectivity index (χ1) is 15.6. The van der Waals surface area contributed by atoms with Crippen molar-refractivity contribution < 1.29 is 19.1 Å². The molecule has 1 aromatic carbocycles. The van der Waals surface area contributed by atoms with Crippen LogP contribution in [0.2, 0.25) is 0 Å². The highest BCUT2D eigenvalue weighted by Crippen LogP contribution is 2.28. The van der Waals surface area contributed by atoms with Gasteiger partial charge in [0, 0.05) is 38.5 Å². The zero-order valence-electron chi connectivity index (χ0n) is 18.3. The molecule has 2 aromatic heterocycles. The number of anilines is 1. The molecule has 2 N–H and O–H groups in total.